The molecule has 4 aromatic rings. The second-order valence-electron chi connectivity index (χ2n) is 8.70. The number of nitrogen functional groups attached to an aromatic ring is 1. The highest BCUT2D eigenvalue weighted by Crippen LogP contribution is 2.64. The molecule has 200 valence electrons. The summed E-state index contributed by atoms with van der Waals surface area (Å²) in [6, 6.07) is 33.0. The summed E-state index contributed by atoms with van der Waals surface area (Å²) in [5.41, 5.74) is 7.36. The van der Waals surface area contributed by atoms with Crippen LogP contribution >= 0.6 is 7.60 Å². The number of para-hydroxylation sites is 2. The van der Waals surface area contributed by atoms with Crippen molar-refractivity contribution in [3.05, 3.63) is 132 Å². The number of alkyl carbamates (subject to hydrolysis) is 1. The molecule has 39 heavy (non-hydrogen) atoms. The van der Waals surface area contributed by atoms with Crippen LogP contribution in [0.5, 0.6) is 11.5 Å². The average Bonchev–Trinajstić information content (AvgIpc) is 2.96. The van der Waals surface area contributed by atoms with Gasteiger partial charge in [-0.15, -0.1) is 0 Å². The lowest BCUT2D eigenvalue weighted by Gasteiger charge is -2.38. The molecule has 4 rings (SSSR count). The molecule has 0 heterocycles. The molecule has 1 amide bonds. The van der Waals surface area contributed by atoms with E-state index in [4.69, 9.17) is 24.9 Å². The van der Waals surface area contributed by atoms with Crippen molar-refractivity contribution in [1.82, 2.24) is 5.32 Å². The SMILES string of the molecule is CCC(NC(=O)OCc1ccccc1)(c1ccc(C(=N)N)cc1)P(=O)(Oc1ccccc1)Oc1ccccc1. The van der Waals surface area contributed by atoms with Gasteiger partial charge in [-0.3, -0.25) is 10.7 Å². The minimum atomic E-state index is -4.31. The number of rotatable bonds is 11. The Morgan fingerprint density at radius 3 is 1.77 bits per heavy atom. The van der Waals surface area contributed by atoms with E-state index < -0.39 is 19.0 Å². The van der Waals surface area contributed by atoms with Gasteiger partial charge in [0, 0.05) is 5.56 Å². The van der Waals surface area contributed by atoms with E-state index >= 15 is 4.57 Å². The average molecular weight is 544 g/mol. The van der Waals surface area contributed by atoms with Crippen molar-refractivity contribution in [2.45, 2.75) is 25.2 Å². The van der Waals surface area contributed by atoms with Gasteiger partial charge in [-0.05, 0) is 41.8 Å². The quantitative estimate of drug-likeness (QED) is 0.108. The lowest BCUT2D eigenvalue weighted by molar-refractivity contribution is 0.129. The van der Waals surface area contributed by atoms with Gasteiger partial charge in [0.15, 0.2) is 5.28 Å². The van der Waals surface area contributed by atoms with E-state index in [-0.39, 0.29) is 18.9 Å². The van der Waals surface area contributed by atoms with Gasteiger partial charge in [0.1, 0.15) is 23.9 Å². The molecule has 0 bridgehead atoms. The van der Waals surface area contributed by atoms with Crippen LogP contribution in [0, 0.1) is 5.41 Å². The summed E-state index contributed by atoms with van der Waals surface area (Å²) in [6.07, 6.45) is -0.686. The van der Waals surface area contributed by atoms with Crippen molar-refractivity contribution in [3.8, 4) is 11.5 Å². The number of hydrogen-bond donors (Lipinski definition) is 3. The fourth-order valence-electron chi connectivity index (χ4n) is 4.05. The van der Waals surface area contributed by atoms with Crippen LogP contribution in [0.3, 0.4) is 0 Å². The van der Waals surface area contributed by atoms with Crippen LogP contribution in [0.1, 0.15) is 30.0 Å². The van der Waals surface area contributed by atoms with Crippen molar-refractivity contribution in [2.75, 3.05) is 0 Å². The van der Waals surface area contributed by atoms with Crippen LogP contribution in [0.15, 0.2) is 115 Å². The molecule has 0 spiro atoms. The topological polar surface area (TPSA) is 124 Å². The predicted molar refractivity (Wildman–Crippen MR) is 151 cm³/mol. The largest absolute Gasteiger partial charge is 0.460 e. The number of hydrogen-bond acceptors (Lipinski definition) is 6. The zero-order valence-corrected chi connectivity index (χ0v) is 22.3. The highest BCUT2D eigenvalue weighted by atomic mass is 31.2. The summed E-state index contributed by atoms with van der Waals surface area (Å²) in [4.78, 5) is 13.3. The Kier molecular flexibility index (Phi) is 8.69. The highest BCUT2D eigenvalue weighted by Gasteiger charge is 2.56. The molecular weight excluding hydrogens is 513 g/mol. The molecule has 0 aromatic heterocycles. The van der Waals surface area contributed by atoms with Gasteiger partial charge in [-0.2, -0.15) is 0 Å². The summed E-state index contributed by atoms with van der Waals surface area (Å²) < 4.78 is 32.9. The summed E-state index contributed by atoms with van der Waals surface area (Å²) >= 11 is 0. The zero-order chi connectivity index (χ0) is 27.7. The Labute approximate surface area is 227 Å². The Balaban J connectivity index is 1.80. The monoisotopic (exact) mass is 543 g/mol. The van der Waals surface area contributed by atoms with Gasteiger partial charge in [0.25, 0.3) is 0 Å². The number of benzene rings is 4. The Morgan fingerprint density at radius 2 is 1.31 bits per heavy atom. The van der Waals surface area contributed by atoms with Crippen molar-refractivity contribution in [3.63, 3.8) is 0 Å². The molecule has 0 saturated heterocycles. The number of nitrogens with one attached hydrogen (secondary N) is 2. The Hall–Kier alpha value is -4.55. The summed E-state index contributed by atoms with van der Waals surface area (Å²) in [5.74, 6) is 0.479. The van der Waals surface area contributed by atoms with E-state index in [1.54, 1.807) is 79.7 Å². The van der Waals surface area contributed by atoms with E-state index in [0.717, 1.165) is 5.56 Å². The second kappa shape index (κ2) is 12.3. The molecule has 0 saturated carbocycles. The van der Waals surface area contributed by atoms with E-state index in [9.17, 15) is 4.79 Å². The van der Waals surface area contributed by atoms with E-state index in [0.29, 0.717) is 22.6 Å². The van der Waals surface area contributed by atoms with Crippen molar-refractivity contribution in [1.29, 1.82) is 5.41 Å². The van der Waals surface area contributed by atoms with Crippen LogP contribution < -0.4 is 20.1 Å². The number of ether oxygens (including phenoxy) is 1. The maximum absolute atomic E-state index is 15.1. The number of amidine groups is 1. The molecule has 0 aliphatic carbocycles. The highest BCUT2D eigenvalue weighted by molar-refractivity contribution is 7.56. The van der Waals surface area contributed by atoms with E-state index in [1.807, 2.05) is 42.5 Å². The van der Waals surface area contributed by atoms with E-state index in [2.05, 4.69) is 5.32 Å². The summed E-state index contributed by atoms with van der Waals surface area (Å²) in [5, 5.41) is 8.92. The standard InChI is InChI=1S/C30H30N3O5P/c1-2-30(25-20-18-24(19-21-25)28(31)32,33-29(34)36-22-23-12-6-3-7-13-23)39(35,37-26-14-8-4-9-15-26)38-27-16-10-5-11-17-27/h3-21H,2,22H2,1H3,(H3,31,32)(H,33,34). The fraction of sp³-hybridized carbons (Fsp3) is 0.133. The van der Waals surface area contributed by atoms with Crippen molar-refractivity contribution in [2.24, 2.45) is 5.73 Å². The first kappa shape index (κ1) is 27.5. The number of amides is 1. The molecule has 4 N–H and O–H groups in total. The molecule has 4 aromatic carbocycles. The third kappa shape index (κ3) is 6.48. The van der Waals surface area contributed by atoms with Crippen molar-refractivity contribution >= 4 is 19.5 Å². The Morgan fingerprint density at radius 1 is 0.821 bits per heavy atom. The van der Waals surface area contributed by atoms with Gasteiger partial charge < -0.3 is 19.5 Å². The van der Waals surface area contributed by atoms with Gasteiger partial charge in [0.2, 0.25) is 0 Å². The molecular formula is C30H30N3O5P. The van der Waals surface area contributed by atoms with Crippen LogP contribution in [0.4, 0.5) is 4.79 Å². The number of nitrogens with two attached hydrogens (primary N) is 1. The summed E-state index contributed by atoms with van der Waals surface area (Å²) in [7, 11) is -4.31. The van der Waals surface area contributed by atoms with Crippen molar-refractivity contribution < 1.29 is 23.1 Å². The van der Waals surface area contributed by atoms with Crippen LogP contribution in [-0.2, 0) is 21.2 Å². The van der Waals surface area contributed by atoms with Crippen LogP contribution in [0.2, 0.25) is 0 Å². The zero-order valence-electron chi connectivity index (χ0n) is 21.4. The minimum absolute atomic E-state index is 0.0130. The molecule has 8 nitrogen and oxygen atoms in total. The van der Waals surface area contributed by atoms with Gasteiger partial charge >= 0.3 is 13.7 Å². The lowest BCUT2D eigenvalue weighted by atomic mass is 10.0. The fourth-order valence-corrected chi connectivity index (χ4v) is 6.28. The Bertz CT molecular complexity index is 1390. The maximum Gasteiger partial charge on any atom is 0.460 e. The van der Waals surface area contributed by atoms with Crippen LogP contribution in [0.25, 0.3) is 0 Å². The normalized spacial score (nSPS) is 12.5. The molecule has 1 unspecified atom stereocenters. The first-order valence-corrected chi connectivity index (χ1v) is 13.9. The number of carbonyl (C=O) groups excluding carboxylic acids is 1. The smallest absolute Gasteiger partial charge is 0.445 e. The molecule has 9 heteroatoms. The van der Waals surface area contributed by atoms with Gasteiger partial charge in [0.05, 0.1) is 0 Å². The van der Waals surface area contributed by atoms with Gasteiger partial charge in [-0.1, -0.05) is 97.9 Å². The minimum Gasteiger partial charge on any atom is -0.445 e. The number of carbonyl (C=O) groups is 1. The maximum atomic E-state index is 15.1. The lowest BCUT2D eigenvalue weighted by Crippen LogP contribution is -2.47. The molecule has 0 aliphatic heterocycles. The summed E-state index contributed by atoms with van der Waals surface area (Å²) in [6.45, 7) is 1.78. The molecule has 1 atom stereocenters. The third-order valence-electron chi connectivity index (χ3n) is 6.11. The first-order chi connectivity index (χ1) is 18.8. The molecule has 0 radical (unpaired) electrons. The molecule has 0 aliphatic rings. The van der Waals surface area contributed by atoms with E-state index in [1.165, 1.54) is 0 Å². The second-order valence-corrected chi connectivity index (χ2v) is 10.8. The van der Waals surface area contributed by atoms with Crippen LogP contribution in [-0.4, -0.2) is 11.9 Å². The third-order valence-corrected chi connectivity index (χ3v) is 8.64. The molecule has 0 fully saturated rings. The first-order valence-electron chi connectivity index (χ1n) is 12.4. The predicted octanol–water partition coefficient (Wildman–Crippen LogP) is 6.81. The van der Waals surface area contributed by atoms with Gasteiger partial charge in [-0.25, -0.2) is 9.36 Å².